The average Bonchev–Trinajstić information content (AvgIpc) is 2.92. The number of benzene rings is 1. The average molecular weight is 350 g/mol. The third kappa shape index (κ3) is 4.33. The van der Waals surface area contributed by atoms with Crippen LogP contribution in [0.25, 0.3) is 5.82 Å². The molecule has 0 aliphatic rings. The molecule has 6 nitrogen and oxygen atoms in total. The molecule has 0 unspecified atom stereocenters. The minimum Gasteiger partial charge on any atom is -0.439 e. The molecular weight excluding hydrogens is 328 g/mol. The van der Waals surface area contributed by atoms with Crippen molar-refractivity contribution in [2.75, 3.05) is 0 Å². The molecule has 0 saturated carbocycles. The Bertz CT molecular complexity index is 929. The van der Waals surface area contributed by atoms with Crippen LogP contribution < -0.4 is 4.74 Å². The number of ether oxygens (including phenoxy) is 1. The Morgan fingerprint density at radius 3 is 2.42 bits per heavy atom. The van der Waals surface area contributed by atoms with Crippen LogP contribution in [0.4, 0.5) is 0 Å². The van der Waals surface area contributed by atoms with Crippen molar-refractivity contribution in [3.63, 3.8) is 0 Å². The van der Waals surface area contributed by atoms with E-state index in [1.807, 2.05) is 51.1 Å². The van der Waals surface area contributed by atoms with Crippen LogP contribution in [0.1, 0.15) is 36.1 Å². The number of hydrogen-bond acceptors (Lipinski definition) is 5. The molecule has 134 valence electrons. The summed E-state index contributed by atoms with van der Waals surface area (Å²) in [7, 11) is 0. The van der Waals surface area contributed by atoms with Crippen molar-refractivity contribution in [1.82, 2.24) is 19.7 Å². The van der Waals surface area contributed by atoms with Crippen molar-refractivity contribution in [2.24, 2.45) is 0 Å². The van der Waals surface area contributed by atoms with Crippen LogP contribution in [0, 0.1) is 20.8 Å². The molecule has 0 bridgehead atoms. The molecule has 0 aliphatic carbocycles. The lowest BCUT2D eigenvalue weighted by atomic mass is 10.1. The van der Waals surface area contributed by atoms with E-state index >= 15 is 0 Å². The molecule has 0 aliphatic heterocycles. The summed E-state index contributed by atoms with van der Waals surface area (Å²) >= 11 is 0. The van der Waals surface area contributed by atoms with Crippen LogP contribution in [0.15, 0.2) is 36.4 Å². The van der Waals surface area contributed by atoms with E-state index in [4.69, 9.17) is 4.74 Å². The van der Waals surface area contributed by atoms with E-state index in [9.17, 15) is 4.79 Å². The summed E-state index contributed by atoms with van der Waals surface area (Å²) < 4.78 is 7.67. The van der Waals surface area contributed by atoms with Crippen LogP contribution in [-0.4, -0.2) is 25.5 Å². The Labute approximate surface area is 152 Å². The third-order valence-electron chi connectivity index (χ3n) is 3.94. The second-order valence-corrected chi connectivity index (χ2v) is 6.40. The lowest BCUT2D eigenvalue weighted by molar-refractivity contribution is -0.116. The Morgan fingerprint density at radius 2 is 1.81 bits per heavy atom. The summed E-state index contributed by atoms with van der Waals surface area (Å²) in [5.74, 6) is 2.64. The number of nitrogens with zero attached hydrogens (tertiary/aromatic N) is 4. The largest absolute Gasteiger partial charge is 0.439 e. The zero-order chi connectivity index (χ0) is 18.7. The summed E-state index contributed by atoms with van der Waals surface area (Å²) in [6, 6.07) is 11.5. The van der Waals surface area contributed by atoms with Crippen LogP contribution in [-0.2, 0) is 11.2 Å². The van der Waals surface area contributed by atoms with Gasteiger partial charge in [-0.1, -0.05) is 12.1 Å². The van der Waals surface area contributed by atoms with Gasteiger partial charge >= 0.3 is 0 Å². The van der Waals surface area contributed by atoms with Gasteiger partial charge in [-0.15, -0.1) is 0 Å². The van der Waals surface area contributed by atoms with E-state index < -0.39 is 0 Å². The fourth-order valence-electron chi connectivity index (χ4n) is 2.71. The van der Waals surface area contributed by atoms with Crippen molar-refractivity contribution >= 4 is 5.78 Å². The predicted molar refractivity (Wildman–Crippen MR) is 98.9 cm³/mol. The van der Waals surface area contributed by atoms with Crippen molar-refractivity contribution in [3.8, 4) is 17.4 Å². The number of ketones is 1. The number of Topliss-reactive ketones (excluding diaryl/α,β-unsaturated/α-hetero) is 1. The molecule has 0 spiro atoms. The van der Waals surface area contributed by atoms with Crippen LogP contribution in [0.5, 0.6) is 11.6 Å². The first kappa shape index (κ1) is 17.8. The molecular formula is C20H22N4O2. The Hall–Kier alpha value is -3.02. The Balaban J connectivity index is 1.79. The first-order valence-electron chi connectivity index (χ1n) is 8.56. The molecule has 6 heteroatoms. The van der Waals surface area contributed by atoms with E-state index in [-0.39, 0.29) is 5.78 Å². The van der Waals surface area contributed by atoms with Gasteiger partial charge in [-0.2, -0.15) is 10.1 Å². The van der Waals surface area contributed by atoms with Crippen LogP contribution in [0.2, 0.25) is 0 Å². The van der Waals surface area contributed by atoms with Gasteiger partial charge in [0.25, 0.3) is 0 Å². The monoisotopic (exact) mass is 350 g/mol. The molecule has 3 aromatic rings. The van der Waals surface area contributed by atoms with Crippen molar-refractivity contribution < 1.29 is 9.53 Å². The molecule has 0 amide bonds. The maximum atomic E-state index is 11.1. The van der Waals surface area contributed by atoms with Gasteiger partial charge in [0.15, 0.2) is 5.82 Å². The predicted octanol–water partition coefficient (Wildman–Crippen LogP) is 3.90. The number of carbonyl (C=O) groups excluding carboxylic acids is 1. The lowest BCUT2D eigenvalue weighted by Gasteiger charge is -2.09. The first-order valence-corrected chi connectivity index (χ1v) is 8.56. The van der Waals surface area contributed by atoms with Gasteiger partial charge in [0, 0.05) is 18.2 Å². The summed E-state index contributed by atoms with van der Waals surface area (Å²) in [6.45, 7) is 7.36. The molecule has 0 radical (unpaired) electrons. The molecule has 2 heterocycles. The second kappa shape index (κ2) is 7.47. The van der Waals surface area contributed by atoms with Gasteiger partial charge in [0.2, 0.25) is 5.88 Å². The summed E-state index contributed by atoms with van der Waals surface area (Å²) in [5.41, 5.74) is 3.04. The van der Waals surface area contributed by atoms with E-state index in [1.165, 1.54) is 0 Å². The molecule has 0 fully saturated rings. The van der Waals surface area contributed by atoms with Gasteiger partial charge in [0.1, 0.15) is 17.4 Å². The highest BCUT2D eigenvalue weighted by atomic mass is 16.5. The first-order chi connectivity index (χ1) is 12.4. The highest BCUT2D eigenvalue weighted by Crippen LogP contribution is 2.22. The SMILES string of the molecule is CC(=O)CCc1ccc(Oc2cc(-n3nc(C)cc3C)nc(C)n2)cc1. The number of rotatable bonds is 6. The van der Waals surface area contributed by atoms with E-state index in [1.54, 1.807) is 17.7 Å². The minimum atomic E-state index is 0.193. The molecule has 1 aromatic carbocycles. The quantitative estimate of drug-likeness (QED) is 0.674. The van der Waals surface area contributed by atoms with Crippen LogP contribution >= 0.6 is 0 Å². The fraction of sp³-hybridized carbons (Fsp3) is 0.300. The van der Waals surface area contributed by atoms with Gasteiger partial charge in [-0.05, 0) is 57.9 Å². The van der Waals surface area contributed by atoms with Crippen molar-refractivity contribution in [1.29, 1.82) is 0 Å². The van der Waals surface area contributed by atoms with Gasteiger partial charge < -0.3 is 9.53 Å². The molecule has 0 atom stereocenters. The molecule has 26 heavy (non-hydrogen) atoms. The highest BCUT2D eigenvalue weighted by Gasteiger charge is 2.10. The molecule has 3 rings (SSSR count). The number of carbonyl (C=O) groups is 1. The molecule has 2 aromatic heterocycles. The number of aromatic nitrogens is 4. The van der Waals surface area contributed by atoms with E-state index in [2.05, 4.69) is 15.1 Å². The van der Waals surface area contributed by atoms with E-state index in [0.29, 0.717) is 29.7 Å². The lowest BCUT2D eigenvalue weighted by Crippen LogP contribution is -2.05. The van der Waals surface area contributed by atoms with Crippen molar-refractivity contribution in [2.45, 2.75) is 40.5 Å². The zero-order valence-electron chi connectivity index (χ0n) is 15.5. The van der Waals surface area contributed by atoms with Crippen molar-refractivity contribution in [3.05, 3.63) is 59.2 Å². The molecule has 0 saturated heterocycles. The van der Waals surface area contributed by atoms with E-state index in [0.717, 1.165) is 23.4 Å². The standard InChI is InChI=1S/C20H22N4O2/c1-13-11-14(2)24(23-13)19-12-20(22-16(4)21-19)26-18-9-7-17(8-10-18)6-5-15(3)25/h7-12H,5-6H2,1-4H3. The normalized spacial score (nSPS) is 10.8. The smallest absolute Gasteiger partial charge is 0.224 e. The van der Waals surface area contributed by atoms with Gasteiger partial charge in [-0.25, -0.2) is 9.67 Å². The zero-order valence-corrected chi connectivity index (χ0v) is 15.5. The minimum absolute atomic E-state index is 0.193. The Kier molecular flexibility index (Phi) is 5.11. The summed E-state index contributed by atoms with van der Waals surface area (Å²) in [5, 5.41) is 4.46. The topological polar surface area (TPSA) is 69.9 Å². The maximum Gasteiger partial charge on any atom is 0.224 e. The van der Waals surface area contributed by atoms with Gasteiger partial charge in [0.05, 0.1) is 5.69 Å². The van der Waals surface area contributed by atoms with Gasteiger partial charge in [-0.3, -0.25) is 0 Å². The molecule has 0 N–H and O–H groups in total. The fourth-order valence-corrected chi connectivity index (χ4v) is 2.71. The summed E-state index contributed by atoms with van der Waals surface area (Å²) in [6.07, 6.45) is 1.29. The third-order valence-corrected chi connectivity index (χ3v) is 3.94. The summed E-state index contributed by atoms with van der Waals surface area (Å²) in [4.78, 5) is 19.9. The maximum absolute atomic E-state index is 11.1. The number of hydrogen-bond donors (Lipinski definition) is 0. The van der Waals surface area contributed by atoms with Crippen LogP contribution in [0.3, 0.4) is 0 Å². The second-order valence-electron chi connectivity index (χ2n) is 6.40. The number of aryl methyl sites for hydroxylation is 4. The Morgan fingerprint density at radius 1 is 1.08 bits per heavy atom. The highest BCUT2D eigenvalue weighted by molar-refractivity contribution is 5.75.